The fourth-order valence-corrected chi connectivity index (χ4v) is 5.95. The number of aromatic nitrogens is 1. The first-order valence-corrected chi connectivity index (χ1v) is 16.3. The van der Waals surface area contributed by atoms with Crippen molar-refractivity contribution < 1.29 is 37.9 Å². The van der Waals surface area contributed by atoms with Crippen LogP contribution in [0.4, 0.5) is 5.13 Å². The Morgan fingerprint density at radius 3 is 2.68 bits per heavy atom. The average Bonchev–Trinajstić information content (AvgIpc) is 3.50. The van der Waals surface area contributed by atoms with Crippen molar-refractivity contribution in [2.24, 2.45) is 21.8 Å². The average molecular weight is 695 g/mol. The standard InChI is InChI=1S/C27H36N8O6S2.CH4O.CH2O/c1-14(19-6-4-16-10-17(5-7-20(16)39-19)23(28)31-9-8-15-11-30-12-15)40-34-21(18-13-42-26(29)32-18)24(36)33-22-25(37)35(41-43-38)27(22,2)3;2*1-2/h5,7,10,13-15,19,22,30,38H,4,6,8-9,11-12H2,1-3H3,(H2,28,31)(H2,29,32)(H,33,36);2H,1H3;1H2/b34-21-;;. The summed E-state index contributed by atoms with van der Waals surface area (Å²) in [4.78, 5) is 48.3. The summed E-state index contributed by atoms with van der Waals surface area (Å²) in [5.41, 5.74) is 13.1. The van der Waals surface area contributed by atoms with Gasteiger partial charge in [-0.3, -0.25) is 14.6 Å². The lowest BCUT2D eigenvalue weighted by atomic mass is 9.84. The van der Waals surface area contributed by atoms with Gasteiger partial charge in [0.1, 0.15) is 36.2 Å². The molecule has 47 heavy (non-hydrogen) atoms. The molecule has 2 aromatic rings. The number of amides is 2. The monoisotopic (exact) mass is 694 g/mol. The highest BCUT2D eigenvalue weighted by Crippen LogP contribution is 2.34. The third-order valence-electron chi connectivity index (χ3n) is 7.89. The number of oxime groups is 1. The highest BCUT2D eigenvalue weighted by Gasteiger charge is 2.57. The number of carbonyl (C=O) groups is 3. The maximum atomic E-state index is 13.3. The molecule has 16 nitrogen and oxygen atoms in total. The van der Waals surface area contributed by atoms with Crippen molar-refractivity contribution >= 4 is 58.9 Å². The lowest BCUT2D eigenvalue weighted by Crippen LogP contribution is -2.76. The maximum Gasteiger partial charge on any atom is 0.276 e. The summed E-state index contributed by atoms with van der Waals surface area (Å²) in [5, 5.41) is 19.9. The van der Waals surface area contributed by atoms with Crippen molar-refractivity contribution in [2.45, 2.75) is 63.8 Å². The number of aryl methyl sites for hydroxylation is 1. The van der Waals surface area contributed by atoms with Gasteiger partial charge in [-0.25, -0.2) is 4.98 Å². The van der Waals surface area contributed by atoms with E-state index in [4.69, 9.17) is 39.8 Å². The van der Waals surface area contributed by atoms with Crippen molar-refractivity contribution in [3.8, 4) is 5.75 Å². The van der Waals surface area contributed by atoms with E-state index in [1.165, 1.54) is 0 Å². The van der Waals surface area contributed by atoms with E-state index >= 15 is 0 Å². The van der Waals surface area contributed by atoms with Crippen LogP contribution in [0.5, 0.6) is 5.75 Å². The van der Waals surface area contributed by atoms with Crippen molar-refractivity contribution in [1.82, 2.24) is 20.7 Å². The van der Waals surface area contributed by atoms with Crippen molar-refractivity contribution in [3.63, 3.8) is 0 Å². The number of carbonyl (C=O) groups excluding carboxylic acids is 3. The summed E-state index contributed by atoms with van der Waals surface area (Å²) in [6, 6.07) is 4.89. The van der Waals surface area contributed by atoms with Gasteiger partial charge in [-0.05, 0) is 82.8 Å². The molecule has 0 saturated carbocycles. The number of aliphatic hydroxyl groups excluding tert-OH is 1. The van der Waals surface area contributed by atoms with E-state index in [1.54, 1.807) is 26.2 Å². The minimum Gasteiger partial charge on any atom is -0.486 e. The number of nitrogens with zero attached hydrogens (tertiary/aromatic N) is 4. The predicted octanol–water partition coefficient (Wildman–Crippen LogP) is 1.13. The Bertz CT molecular complexity index is 1430. The Balaban J connectivity index is 0.00000144. The molecule has 1 aromatic carbocycles. The van der Waals surface area contributed by atoms with Gasteiger partial charge in [0.2, 0.25) is 0 Å². The molecule has 3 aliphatic rings. The summed E-state index contributed by atoms with van der Waals surface area (Å²) < 4.78 is 20.1. The van der Waals surface area contributed by atoms with E-state index in [0.29, 0.717) is 24.7 Å². The van der Waals surface area contributed by atoms with E-state index in [9.17, 15) is 9.59 Å². The molecule has 0 spiro atoms. The maximum absolute atomic E-state index is 13.3. The van der Waals surface area contributed by atoms with Gasteiger partial charge in [-0.1, -0.05) is 5.16 Å². The molecule has 18 heteroatoms. The molecular formula is C29H42N8O8S2. The van der Waals surface area contributed by atoms with E-state index in [1.807, 2.05) is 25.0 Å². The fraction of sp³-hybridized carbons (Fsp3) is 0.517. The minimum absolute atomic E-state index is 0.0485. The van der Waals surface area contributed by atoms with Crippen molar-refractivity contribution in [2.75, 3.05) is 32.5 Å². The Kier molecular flexibility index (Phi) is 13.9. The summed E-state index contributed by atoms with van der Waals surface area (Å²) in [6.07, 6.45) is 1.57. The third-order valence-corrected chi connectivity index (χ3v) is 8.78. The number of hydrogen-bond donors (Lipinski definition) is 6. The number of nitrogens with two attached hydrogens (primary N) is 2. The number of thiazole rings is 1. The molecule has 2 amide bonds. The smallest absolute Gasteiger partial charge is 0.276 e. The summed E-state index contributed by atoms with van der Waals surface area (Å²) in [7, 11) is 1.00. The second-order valence-corrected chi connectivity index (χ2v) is 12.4. The number of ether oxygens (including phenoxy) is 1. The number of anilines is 1. The lowest BCUT2D eigenvalue weighted by molar-refractivity contribution is -0.214. The molecule has 0 bridgehead atoms. The van der Waals surface area contributed by atoms with Crippen LogP contribution in [-0.4, -0.2) is 100 Å². The van der Waals surface area contributed by atoms with E-state index in [2.05, 4.69) is 25.8 Å². The van der Waals surface area contributed by atoms with Crippen LogP contribution in [0, 0.1) is 5.92 Å². The normalized spacial score (nSPS) is 20.9. The molecule has 258 valence electrons. The molecule has 8 N–H and O–H groups in total. The van der Waals surface area contributed by atoms with Gasteiger partial charge >= 0.3 is 0 Å². The first-order valence-electron chi connectivity index (χ1n) is 14.7. The Morgan fingerprint density at radius 1 is 1.36 bits per heavy atom. The molecule has 4 heterocycles. The minimum atomic E-state index is -0.923. The number of nitrogens with one attached hydrogen (secondary N) is 2. The molecule has 1 aromatic heterocycles. The molecule has 3 atom stereocenters. The van der Waals surface area contributed by atoms with Crippen LogP contribution in [0.1, 0.15) is 50.4 Å². The van der Waals surface area contributed by atoms with Gasteiger partial charge in [0.25, 0.3) is 11.8 Å². The molecule has 0 radical (unpaired) electrons. The number of hydroxylamine groups is 2. The van der Waals surface area contributed by atoms with Crippen LogP contribution in [-0.2, 0) is 29.9 Å². The van der Waals surface area contributed by atoms with Crippen LogP contribution < -0.4 is 26.8 Å². The van der Waals surface area contributed by atoms with Gasteiger partial charge in [-0.15, -0.1) is 11.3 Å². The van der Waals surface area contributed by atoms with Crippen LogP contribution >= 0.6 is 23.7 Å². The highest BCUT2D eigenvalue weighted by atomic mass is 32.2. The fourth-order valence-electron chi connectivity index (χ4n) is 5.07. The molecule has 3 unspecified atom stereocenters. The zero-order chi connectivity index (χ0) is 34.7. The molecule has 2 fully saturated rings. The number of aliphatic hydroxyl groups is 1. The second-order valence-electron chi connectivity index (χ2n) is 11.3. The first-order chi connectivity index (χ1) is 22.6. The lowest BCUT2D eigenvalue weighted by Gasteiger charge is -2.50. The summed E-state index contributed by atoms with van der Waals surface area (Å²) in [5.74, 6) is 0.739. The van der Waals surface area contributed by atoms with E-state index in [0.717, 1.165) is 66.3 Å². The Morgan fingerprint density at radius 2 is 2.09 bits per heavy atom. The number of hydrogen-bond acceptors (Lipinski definition) is 15. The molecular weight excluding hydrogens is 653 g/mol. The van der Waals surface area contributed by atoms with Gasteiger partial charge in [-0.2, -0.15) is 9.35 Å². The third kappa shape index (κ3) is 8.96. The topological polar surface area (TPSA) is 236 Å². The van der Waals surface area contributed by atoms with Gasteiger partial charge in [0.15, 0.2) is 29.3 Å². The zero-order valence-corrected chi connectivity index (χ0v) is 28.3. The van der Waals surface area contributed by atoms with Crippen LogP contribution in [0.2, 0.25) is 0 Å². The quantitative estimate of drug-likeness (QED) is 0.0602. The van der Waals surface area contributed by atoms with Crippen LogP contribution in [0.3, 0.4) is 0 Å². The molecule has 3 aliphatic heterocycles. The van der Waals surface area contributed by atoms with Crippen molar-refractivity contribution in [1.29, 1.82) is 0 Å². The SMILES string of the molecule is C=O.CC(O/N=C(\C(=O)NC1C(=O)N(OSO)C1(C)C)c1csc(N)n1)C1CCc2cc(C(N)=NCCC3CNC3)ccc2O1.CO. The number of nitrogen functional groups attached to an aromatic ring is 1. The first kappa shape index (κ1) is 37.6. The second kappa shape index (κ2) is 17.4. The molecule has 5 rings (SSSR count). The van der Waals surface area contributed by atoms with E-state index < -0.39 is 29.5 Å². The van der Waals surface area contributed by atoms with Gasteiger partial charge in [0.05, 0.1) is 5.54 Å². The highest BCUT2D eigenvalue weighted by molar-refractivity contribution is 7.88. The van der Waals surface area contributed by atoms with Gasteiger partial charge in [0, 0.05) is 24.6 Å². The van der Waals surface area contributed by atoms with E-state index in [-0.39, 0.29) is 35.0 Å². The summed E-state index contributed by atoms with van der Waals surface area (Å²) >= 11 is 1.19. The molecule has 2 saturated heterocycles. The van der Waals surface area contributed by atoms with Crippen LogP contribution in [0.15, 0.2) is 33.7 Å². The summed E-state index contributed by atoms with van der Waals surface area (Å²) in [6.45, 7) is 9.98. The number of aliphatic imine (C=N–C) groups is 1. The number of rotatable bonds is 12. The predicted molar refractivity (Wildman–Crippen MR) is 179 cm³/mol. The zero-order valence-electron chi connectivity index (χ0n) is 26.7. The number of benzene rings is 1. The van der Waals surface area contributed by atoms with Gasteiger partial charge < -0.3 is 46.1 Å². The Hall–Kier alpha value is -3.81. The largest absolute Gasteiger partial charge is 0.486 e. The number of β-lactam (4-membered cyclic amide) rings is 1. The number of fused-ring (bicyclic) bond motifs is 1. The number of amidine groups is 1. The molecule has 0 aliphatic carbocycles. The van der Waals surface area contributed by atoms with Crippen LogP contribution in [0.25, 0.3) is 0 Å². The van der Waals surface area contributed by atoms with Crippen molar-refractivity contribution in [3.05, 3.63) is 40.4 Å². The Labute approximate surface area is 281 Å².